The van der Waals surface area contributed by atoms with Gasteiger partial charge in [-0.05, 0) is 32.8 Å². The molecule has 0 unspecified atom stereocenters. The zero-order valence-corrected chi connectivity index (χ0v) is 13.2. The third-order valence-electron chi connectivity index (χ3n) is 3.11. The molecule has 2 aromatic rings. The maximum Gasteiger partial charge on any atom is 0.257 e. The lowest BCUT2D eigenvalue weighted by Crippen LogP contribution is -2.26. The predicted molar refractivity (Wildman–Crippen MR) is 84.0 cm³/mol. The molecule has 2 aromatic heterocycles. The quantitative estimate of drug-likeness (QED) is 0.841. The smallest absolute Gasteiger partial charge is 0.257 e. The van der Waals surface area contributed by atoms with Crippen molar-refractivity contribution < 1.29 is 0 Å². The van der Waals surface area contributed by atoms with Crippen LogP contribution < -0.4 is 10.2 Å². The third kappa shape index (κ3) is 3.68. The lowest BCUT2D eigenvalue weighted by molar-refractivity contribution is 0.760. The van der Waals surface area contributed by atoms with Gasteiger partial charge >= 0.3 is 0 Å². The molecule has 0 amide bonds. The highest BCUT2D eigenvalue weighted by Crippen LogP contribution is 2.13. The van der Waals surface area contributed by atoms with Crippen LogP contribution in [0.15, 0.2) is 12.4 Å². The Balaban J connectivity index is 2.41. The molecule has 2 heterocycles. The standard InChI is InChI=1S/C14H23N7/c1-5-8-15-12-17-13(20(6-2)7-3)19-14(18-12)21-10-11(4)9-16-21/h9-10H,5-8H2,1-4H3,(H,15,17,18,19). The lowest BCUT2D eigenvalue weighted by Gasteiger charge is -2.19. The molecule has 0 spiro atoms. The number of nitrogens with one attached hydrogen (secondary N) is 1. The van der Waals surface area contributed by atoms with Crippen LogP contribution in [0.1, 0.15) is 32.8 Å². The molecule has 2 rings (SSSR count). The Hall–Kier alpha value is -2.18. The summed E-state index contributed by atoms with van der Waals surface area (Å²) in [7, 11) is 0. The Morgan fingerprint density at radius 3 is 2.48 bits per heavy atom. The van der Waals surface area contributed by atoms with E-state index in [0.717, 1.165) is 31.6 Å². The van der Waals surface area contributed by atoms with E-state index in [1.54, 1.807) is 10.9 Å². The van der Waals surface area contributed by atoms with Crippen LogP contribution in [-0.4, -0.2) is 44.4 Å². The van der Waals surface area contributed by atoms with Crippen LogP contribution in [0.25, 0.3) is 5.95 Å². The molecule has 0 aliphatic rings. The van der Waals surface area contributed by atoms with Gasteiger partial charge in [-0.1, -0.05) is 6.92 Å². The van der Waals surface area contributed by atoms with Gasteiger partial charge in [0.05, 0.1) is 6.20 Å². The SMILES string of the molecule is CCCNc1nc(N(CC)CC)nc(-n2cc(C)cn2)n1. The summed E-state index contributed by atoms with van der Waals surface area (Å²) >= 11 is 0. The van der Waals surface area contributed by atoms with E-state index in [2.05, 4.69) is 51.0 Å². The second kappa shape index (κ2) is 7.01. The van der Waals surface area contributed by atoms with Crippen molar-refractivity contribution in [3.05, 3.63) is 18.0 Å². The van der Waals surface area contributed by atoms with E-state index < -0.39 is 0 Å². The van der Waals surface area contributed by atoms with Crippen molar-refractivity contribution in [2.75, 3.05) is 29.9 Å². The molecule has 0 radical (unpaired) electrons. The fraction of sp³-hybridized carbons (Fsp3) is 0.571. The molecule has 21 heavy (non-hydrogen) atoms. The molecular weight excluding hydrogens is 266 g/mol. The van der Waals surface area contributed by atoms with Crippen LogP contribution in [0.4, 0.5) is 11.9 Å². The van der Waals surface area contributed by atoms with E-state index >= 15 is 0 Å². The molecule has 0 saturated heterocycles. The number of anilines is 2. The first-order valence-corrected chi connectivity index (χ1v) is 7.44. The van der Waals surface area contributed by atoms with Crippen molar-refractivity contribution >= 4 is 11.9 Å². The van der Waals surface area contributed by atoms with Crippen molar-refractivity contribution in [1.29, 1.82) is 0 Å². The Morgan fingerprint density at radius 2 is 1.90 bits per heavy atom. The minimum absolute atomic E-state index is 0.540. The average molecular weight is 289 g/mol. The molecule has 0 saturated carbocycles. The van der Waals surface area contributed by atoms with E-state index in [4.69, 9.17) is 0 Å². The minimum Gasteiger partial charge on any atom is -0.354 e. The zero-order valence-electron chi connectivity index (χ0n) is 13.2. The summed E-state index contributed by atoms with van der Waals surface area (Å²) in [6.07, 6.45) is 4.72. The van der Waals surface area contributed by atoms with Gasteiger partial charge in [0.1, 0.15) is 0 Å². The molecule has 7 nitrogen and oxygen atoms in total. The number of nitrogens with zero attached hydrogens (tertiary/aromatic N) is 6. The maximum absolute atomic E-state index is 4.53. The van der Waals surface area contributed by atoms with E-state index in [-0.39, 0.29) is 0 Å². The largest absolute Gasteiger partial charge is 0.354 e. The van der Waals surface area contributed by atoms with Gasteiger partial charge in [-0.15, -0.1) is 0 Å². The Kier molecular flexibility index (Phi) is 5.08. The highest BCUT2D eigenvalue weighted by atomic mass is 15.4. The van der Waals surface area contributed by atoms with Crippen molar-refractivity contribution in [3.8, 4) is 5.95 Å². The molecule has 0 atom stereocenters. The second-order valence-corrected chi connectivity index (χ2v) is 4.82. The van der Waals surface area contributed by atoms with Crippen LogP contribution in [0.2, 0.25) is 0 Å². The summed E-state index contributed by atoms with van der Waals surface area (Å²) < 4.78 is 1.68. The van der Waals surface area contributed by atoms with E-state index in [9.17, 15) is 0 Å². The fourth-order valence-corrected chi connectivity index (χ4v) is 1.94. The van der Waals surface area contributed by atoms with E-state index in [1.807, 2.05) is 13.1 Å². The van der Waals surface area contributed by atoms with Gasteiger partial charge in [-0.25, -0.2) is 4.68 Å². The summed E-state index contributed by atoms with van der Waals surface area (Å²) in [6.45, 7) is 10.8. The highest BCUT2D eigenvalue weighted by molar-refractivity contribution is 5.40. The molecule has 0 aliphatic heterocycles. The molecule has 0 bridgehead atoms. The zero-order chi connectivity index (χ0) is 15.2. The topological polar surface area (TPSA) is 71.8 Å². The van der Waals surface area contributed by atoms with Crippen LogP contribution in [0.5, 0.6) is 0 Å². The Labute approximate surface area is 125 Å². The number of aryl methyl sites for hydroxylation is 1. The summed E-state index contributed by atoms with van der Waals surface area (Å²) in [5.74, 6) is 1.81. The minimum atomic E-state index is 0.540. The lowest BCUT2D eigenvalue weighted by atomic mass is 10.4. The molecule has 7 heteroatoms. The van der Waals surface area contributed by atoms with Crippen molar-refractivity contribution in [3.63, 3.8) is 0 Å². The fourth-order valence-electron chi connectivity index (χ4n) is 1.94. The van der Waals surface area contributed by atoms with Crippen LogP contribution in [-0.2, 0) is 0 Å². The van der Waals surface area contributed by atoms with E-state index in [1.165, 1.54) is 0 Å². The summed E-state index contributed by atoms with van der Waals surface area (Å²) in [4.78, 5) is 15.6. The van der Waals surface area contributed by atoms with E-state index in [0.29, 0.717) is 17.8 Å². The molecule has 0 fully saturated rings. The molecule has 114 valence electrons. The van der Waals surface area contributed by atoms with Gasteiger partial charge in [0.15, 0.2) is 0 Å². The average Bonchev–Trinajstić information content (AvgIpc) is 2.93. The second-order valence-electron chi connectivity index (χ2n) is 4.82. The Morgan fingerprint density at radius 1 is 1.14 bits per heavy atom. The van der Waals surface area contributed by atoms with Gasteiger partial charge < -0.3 is 10.2 Å². The number of hydrogen-bond donors (Lipinski definition) is 1. The number of aromatic nitrogens is 5. The maximum atomic E-state index is 4.53. The van der Waals surface area contributed by atoms with Gasteiger partial charge in [0.2, 0.25) is 11.9 Å². The van der Waals surface area contributed by atoms with Crippen molar-refractivity contribution in [2.45, 2.75) is 34.1 Å². The third-order valence-corrected chi connectivity index (χ3v) is 3.11. The van der Waals surface area contributed by atoms with Gasteiger partial charge in [-0.3, -0.25) is 0 Å². The van der Waals surface area contributed by atoms with Crippen LogP contribution in [0, 0.1) is 6.92 Å². The van der Waals surface area contributed by atoms with Crippen molar-refractivity contribution in [1.82, 2.24) is 24.7 Å². The van der Waals surface area contributed by atoms with Gasteiger partial charge in [0.25, 0.3) is 5.95 Å². The highest BCUT2D eigenvalue weighted by Gasteiger charge is 2.12. The van der Waals surface area contributed by atoms with Crippen molar-refractivity contribution in [2.24, 2.45) is 0 Å². The first kappa shape index (κ1) is 15.2. The normalized spacial score (nSPS) is 10.7. The van der Waals surface area contributed by atoms with Gasteiger partial charge in [-0.2, -0.15) is 20.1 Å². The monoisotopic (exact) mass is 289 g/mol. The Bertz CT molecular complexity index is 574. The molecule has 1 N–H and O–H groups in total. The summed E-state index contributed by atoms with van der Waals surface area (Å²) in [6, 6.07) is 0. The molecular formula is C14H23N7. The van der Waals surface area contributed by atoms with Gasteiger partial charge in [0, 0.05) is 25.8 Å². The molecule has 0 aliphatic carbocycles. The summed E-state index contributed by atoms with van der Waals surface area (Å²) in [5, 5.41) is 7.50. The first-order chi connectivity index (χ1) is 10.2. The number of rotatable bonds is 7. The van der Waals surface area contributed by atoms with Crippen LogP contribution in [0.3, 0.4) is 0 Å². The number of hydrogen-bond acceptors (Lipinski definition) is 6. The van der Waals surface area contributed by atoms with Crippen LogP contribution >= 0.6 is 0 Å². The molecule has 0 aromatic carbocycles. The first-order valence-electron chi connectivity index (χ1n) is 7.44. The summed E-state index contributed by atoms with van der Waals surface area (Å²) in [5.41, 5.74) is 1.07. The predicted octanol–water partition coefficient (Wildman–Crippen LogP) is 2.03.